The van der Waals surface area contributed by atoms with Crippen molar-refractivity contribution in [2.45, 2.75) is 44.2 Å². The lowest BCUT2D eigenvalue weighted by atomic mass is 9.87. The maximum absolute atomic E-state index is 9.42. The van der Waals surface area contributed by atoms with Gasteiger partial charge in [-0.2, -0.15) is 4.98 Å². The van der Waals surface area contributed by atoms with Crippen LogP contribution in [0.1, 0.15) is 43.3 Å². The number of aliphatic hydroxyl groups is 1. The van der Waals surface area contributed by atoms with Crippen molar-refractivity contribution in [3.63, 3.8) is 0 Å². The van der Waals surface area contributed by atoms with Gasteiger partial charge in [-0.05, 0) is 39.8 Å². The standard InChI is InChI=1S/C11H19N3O2/c1-14(2)7-10-12-11(16-13-10)8-3-5-9(15)6-4-8/h8-9,15H,3-7H2,1-2H3. The zero-order chi connectivity index (χ0) is 11.5. The number of aliphatic hydroxyl groups excluding tert-OH is 1. The zero-order valence-electron chi connectivity index (χ0n) is 9.89. The van der Waals surface area contributed by atoms with E-state index in [1.165, 1.54) is 0 Å². The summed E-state index contributed by atoms with van der Waals surface area (Å²) in [5.74, 6) is 1.82. The first-order valence-corrected chi connectivity index (χ1v) is 5.80. The lowest BCUT2D eigenvalue weighted by Crippen LogP contribution is -2.17. The van der Waals surface area contributed by atoms with E-state index >= 15 is 0 Å². The molecule has 5 heteroatoms. The number of hydrogen-bond donors (Lipinski definition) is 1. The van der Waals surface area contributed by atoms with Crippen LogP contribution in [0.3, 0.4) is 0 Å². The van der Waals surface area contributed by atoms with Crippen molar-refractivity contribution in [1.82, 2.24) is 15.0 Å². The lowest BCUT2D eigenvalue weighted by Gasteiger charge is -2.22. The Hall–Kier alpha value is -0.940. The van der Waals surface area contributed by atoms with Gasteiger partial charge < -0.3 is 14.5 Å². The second-order valence-electron chi connectivity index (χ2n) is 4.79. The normalized spacial score (nSPS) is 26.2. The molecule has 1 aromatic heterocycles. The topological polar surface area (TPSA) is 62.4 Å². The van der Waals surface area contributed by atoms with E-state index in [4.69, 9.17) is 4.52 Å². The van der Waals surface area contributed by atoms with Gasteiger partial charge in [-0.25, -0.2) is 0 Å². The van der Waals surface area contributed by atoms with E-state index in [1.54, 1.807) is 0 Å². The van der Waals surface area contributed by atoms with Crippen LogP contribution in [0.2, 0.25) is 0 Å². The van der Waals surface area contributed by atoms with Crippen LogP contribution in [-0.4, -0.2) is 40.3 Å². The minimum Gasteiger partial charge on any atom is -0.393 e. The van der Waals surface area contributed by atoms with E-state index in [0.29, 0.717) is 12.5 Å². The van der Waals surface area contributed by atoms with Gasteiger partial charge >= 0.3 is 0 Å². The van der Waals surface area contributed by atoms with E-state index in [0.717, 1.165) is 37.4 Å². The summed E-state index contributed by atoms with van der Waals surface area (Å²) in [5, 5.41) is 13.4. The van der Waals surface area contributed by atoms with Gasteiger partial charge in [-0.15, -0.1) is 0 Å². The minimum absolute atomic E-state index is 0.139. The molecule has 0 radical (unpaired) electrons. The van der Waals surface area contributed by atoms with Crippen LogP contribution in [0, 0.1) is 0 Å². The van der Waals surface area contributed by atoms with Crippen molar-refractivity contribution in [2.24, 2.45) is 0 Å². The summed E-state index contributed by atoms with van der Waals surface area (Å²) in [7, 11) is 3.96. The molecule has 1 heterocycles. The van der Waals surface area contributed by atoms with Crippen LogP contribution in [0.5, 0.6) is 0 Å². The number of nitrogens with zero attached hydrogens (tertiary/aromatic N) is 3. The average Bonchev–Trinajstić information content (AvgIpc) is 2.66. The Morgan fingerprint density at radius 2 is 2.00 bits per heavy atom. The molecule has 1 saturated carbocycles. The Kier molecular flexibility index (Phi) is 3.56. The third-order valence-corrected chi connectivity index (χ3v) is 2.99. The van der Waals surface area contributed by atoms with Gasteiger partial charge in [0.2, 0.25) is 5.89 Å². The van der Waals surface area contributed by atoms with Crippen LogP contribution in [0.15, 0.2) is 4.52 Å². The molecule has 0 aliphatic heterocycles. The van der Waals surface area contributed by atoms with E-state index in [2.05, 4.69) is 10.1 Å². The highest BCUT2D eigenvalue weighted by atomic mass is 16.5. The molecule has 1 aliphatic carbocycles. The highest BCUT2D eigenvalue weighted by Gasteiger charge is 2.25. The second-order valence-corrected chi connectivity index (χ2v) is 4.79. The van der Waals surface area contributed by atoms with Crippen molar-refractivity contribution in [3.8, 4) is 0 Å². The quantitative estimate of drug-likeness (QED) is 0.836. The third kappa shape index (κ3) is 2.80. The molecule has 0 unspecified atom stereocenters. The maximum Gasteiger partial charge on any atom is 0.229 e. The van der Waals surface area contributed by atoms with Crippen molar-refractivity contribution in [1.29, 1.82) is 0 Å². The monoisotopic (exact) mass is 225 g/mol. The molecule has 0 spiro atoms. The van der Waals surface area contributed by atoms with E-state index < -0.39 is 0 Å². The van der Waals surface area contributed by atoms with E-state index in [9.17, 15) is 5.11 Å². The number of hydrogen-bond acceptors (Lipinski definition) is 5. The third-order valence-electron chi connectivity index (χ3n) is 2.99. The van der Waals surface area contributed by atoms with Gasteiger partial charge in [0.05, 0.1) is 12.6 Å². The first kappa shape index (κ1) is 11.5. The van der Waals surface area contributed by atoms with Gasteiger partial charge in [0.15, 0.2) is 5.82 Å². The summed E-state index contributed by atoms with van der Waals surface area (Å²) in [6, 6.07) is 0. The summed E-state index contributed by atoms with van der Waals surface area (Å²) in [4.78, 5) is 6.41. The Balaban J connectivity index is 1.96. The van der Waals surface area contributed by atoms with Crippen LogP contribution in [0.4, 0.5) is 0 Å². The number of rotatable bonds is 3. The first-order valence-electron chi connectivity index (χ1n) is 5.80. The van der Waals surface area contributed by atoms with Crippen molar-refractivity contribution < 1.29 is 9.63 Å². The molecule has 2 rings (SSSR count). The molecule has 1 aliphatic rings. The zero-order valence-corrected chi connectivity index (χ0v) is 9.89. The molecule has 90 valence electrons. The van der Waals surface area contributed by atoms with Gasteiger partial charge in [0.1, 0.15) is 0 Å². The Morgan fingerprint density at radius 3 is 2.62 bits per heavy atom. The van der Waals surface area contributed by atoms with Gasteiger partial charge in [0, 0.05) is 5.92 Å². The SMILES string of the molecule is CN(C)Cc1noc(C2CCC(O)CC2)n1. The fourth-order valence-corrected chi connectivity index (χ4v) is 2.10. The van der Waals surface area contributed by atoms with Crippen LogP contribution >= 0.6 is 0 Å². The fraction of sp³-hybridized carbons (Fsp3) is 0.818. The summed E-state index contributed by atoms with van der Waals surface area (Å²) < 4.78 is 5.27. The lowest BCUT2D eigenvalue weighted by molar-refractivity contribution is 0.116. The predicted molar refractivity (Wildman–Crippen MR) is 58.9 cm³/mol. The molecular weight excluding hydrogens is 206 g/mol. The molecule has 0 atom stereocenters. The number of aromatic nitrogens is 2. The van der Waals surface area contributed by atoms with Crippen LogP contribution in [0.25, 0.3) is 0 Å². The summed E-state index contributed by atoms with van der Waals surface area (Å²) in [6.07, 6.45) is 3.45. The van der Waals surface area contributed by atoms with Crippen LogP contribution < -0.4 is 0 Å². The predicted octanol–water partition coefficient (Wildman–Crippen LogP) is 1.15. The highest BCUT2D eigenvalue weighted by Crippen LogP contribution is 2.31. The molecule has 5 nitrogen and oxygen atoms in total. The van der Waals surface area contributed by atoms with Crippen LogP contribution in [-0.2, 0) is 6.54 Å². The molecule has 16 heavy (non-hydrogen) atoms. The average molecular weight is 225 g/mol. The van der Waals surface area contributed by atoms with E-state index in [-0.39, 0.29) is 6.10 Å². The van der Waals surface area contributed by atoms with Gasteiger partial charge in [-0.1, -0.05) is 5.16 Å². The van der Waals surface area contributed by atoms with E-state index in [1.807, 2.05) is 19.0 Å². The van der Waals surface area contributed by atoms with Crippen molar-refractivity contribution in [3.05, 3.63) is 11.7 Å². The Morgan fingerprint density at radius 1 is 1.31 bits per heavy atom. The Bertz CT molecular complexity index is 330. The fourth-order valence-electron chi connectivity index (χ4n) is 2.10. The Labute approximate surface area is 95.4 Å². The molecule has 0 aromatic carbocycles. The smallest absolute Gasteiger partial charge is 0.229 e. The molecule has 0 bridgehead atoms. The minimum atomic E-state index is -0.139. The second kappa shape index (κ2) is 4.93. The molecule has 0 saturated heterocycles. The highest BCUT2D eigenvalue weighted by molar-refractivity contribution is 4.96. The van der Waals surface area contributed by atoms with Gasteiger partial charge in [-0.3, -0.25) is 0 Å². The molecule has 1 aromatic rings. The molecule has 1 N–H and O–H groups in total. The maximum atomic E-state index is 9.42. The summed E-state index contributed by atoms with van der Waals surface area (Å²) in [5.41, 5.74) is 0. The largest absolute Gasteiger partial charge is 0.393 e. The van der Waals surface area contributed by atoms with Gasteiger partial charge in [0.25, 0.3) is 0 Å². The molecular formula is C11H19N3O2. The van der Waals surface area contributed by atoms with Crippen molar-refractivity contribution >= 4 is 0 Å². The summed E-state index contributed by atoms with van der Waals surface area (Å²) >= 11 is 0. The molecule has 0 amide bonds. The van der Waals surface area contributed by atoms with Crippen molar-refractivity contribution in [2.75, 3.05) is 14.1 Å². The summed E-state index contributed by atoms with van der Waals surface area (Å²) in [6.45, 7) is 0.707. The first-order chi connectivity index (χ1) is 7.65. The molecule has 1 fully saturated rings.